The van der Waals surface area contributed by atoms with Crippen molar-refractivity contribution < 1.29 is 9.90 Å². The minimum absolute atomic E-state index is 0.0785. The highest BCUT2D eigenvalue weighted by molar-refractivity contribution is 5.96. The van der Waals surface area contributed by atoms with Gasteiger partial charge in [0.1, 0.15) is 5.65 Å². The first-order valence-electron chi connectivity index (χ1n) is 9.04. The van der Waals surface area contributed by atoms with Crippen LogP contribution in [0.15, 0.2) is 10.9 Å². The van der Waals surface area contributed by atoms with Gasteiger partial charge < -0.3 is 16.2 Å². The zero-order chi connectivity index (χ0) is 19.2. The maximum absolute atomic E-state index is 12.9. The predicted octanol–water partition coefficient (Wildman–Crippen LogP) is 1.55. The van der Waals surface area contributed by atoms with E-state index in [0.29, 0.717) is 24.3 Å². The van der Waals surface area contributed by atoms with Crippen LogP contribution < -0.4 is 16.6 Å². The molecule has 2 heterocycles. The van der Waals surface area contributed by atoms with Crippen molar-refractivity contribution in [1.82, 2.24) is 19.5 Å². The third kappa shape index (κ3) is 3.46. The summed E-state index contributed by atoms with van der Waals surface area (Å²) in [6, 6.07) is 1.47. The molecule has 1 saturated carbocycles. The Labute approximate surface area is 152 Å². The Morgan fingerprint density at radius 2 is 2.12 bits per heavy atom. The van der Waals surface area contributed by atoms with Gasteiger partial charge in [0, 0.05) is 24.7 Å². The fraction of sp³-hybridized carbons (Fsp3) is 0.611. The van der Waals surface area contributed by atoms with Gasteiger partial charge in [0.2, 0.25) is 5.88 Å². The Bertz CT molecular complexity index is 902. The molecule has 142 valence electrons. The van der Waals surface area contributed by atoms with Crippen LogP contribution in [0.5, 0.6) is 5.88 Å². The fourth-order valence-corrected chi connectivity index (χ4v) is 2.88. The molecule has 1 atom stereocenters. The number of aromatic nitrogens is 3. The smallest absolute Gasteiger partial charge is 0.291 e. The summed E-state index contributed by atoms with van der Waals surface area (Å²) in [4.78, 5) is 25.4. The normalized spacial score (nSPS) is 16.0. The molecule has 2 aromatic rings. The van der Waals surface area contributed by atoms with Crippen molar-refractivity contribution in [2.24, 2.45) is 11.1 Å². The topological polar surface area (TPSA) is 115 Å². The molecule has 0 saturated heterocycles. The second-order valence-corrected chi connectivity index (χ2v) is 8.25. The summed E-state index contributed by atoms with van der Waals surface area (Å²) in [5.41, 5.74) is 5.98. The molecular formula is C18H27N5O3. The van der Waals surface area contributed by atoms with Crippen LogP contribution >= 0.6 is 0 Å². The van der Waals surface area contributed by atoms with Crippen molar-refractivity contribution in [2.75, 3.05) is 0 Å². The first kappa shape index (κ1) is 18.4. The van der Waals surface area contributed by atoms with E-state index in [2.05, 4.69) is 10.4 Å². The lowest BCUT2D eigenvalue weighted by atomic mass is 9.96. The molecule has 8 heteroatoms. The number of carbonyl (C=O) groups is 1. The summed E-state index contributed by atoms with van der Waals surface area (Å²) < 4.78 is 2.75. The van der Waals surface area contributed by atoms with E-state index in [0.717, 1.165) is 12.8 Å². The first-order chi connectivity index (χ1) is 12.1. The van der Waals surface area contributed by atoms with Crippen LogP contribution in [0.1, 0.15) is 69.1 Å². The van der Waals surface area contributed by atoms with E-state index in [1.165, 1.54) is 4.52 Å². The van der Waals surface area contributed by atoms with Crippen LogP contribution in [0.3, 0.4) is 0 Å². The van der Waals surface area contributed by atoms with Crippen LogP contribution in [-0.4, -0.2) is 31.2 Å². The van der Waals surface area contributed by atoms with E-state index in [-0.39, 0.29) is 28.9 Å². The number of aromatic hydroxyl groups is 1. The van der Waals surface area contributed by atoms with Gasteiger partial charge in [-0.2, -0.15) is 9.61 Å². The number of hydrogen-bond donors (Lipinski definition) is 3. The summed E-state index contributed by atoms with van der Waals surface area (Å²) in [5, 5.41) is 17.9. The molecule has 0 bridgehead atoms. The molecule has 0 aromatic carbocycles. The highest BCUT2D eigenvalue weighted by Crippen LogP contribution is 2.27. The zero-order valence-electron chi connectivity index (χ0n) is 15.7. The lowest BCUT2D eigenvalue weighted by Gasteiger charge is -2.23. The molecule has 8 nitrogen and oxygen atoms in total. The van der Waals surface area contributed by atoms with Crippen molar-refractivity contribution in [3.8, 4) is 5.88 Å². The molecule has 1 aliphatic carbocycles. The molecule has 1 amide bonds. The lowest BCUT2D eigenvalue weighted by Crippen LogP contribution is -2.35. The first-order valence-corrected chi connectivity index (χ1v) is 9.04. The van der Waals surface area contributed by atoms with E-state index in [4.69, 9.17) is 5.73 Å². The number of carbonyl (C=O) groups excluding carboxylic acids is 1. The molecule has 4 N–H and O–H groups in total. The molecule has 0 radical (unpaired) electrons. The standard InChI is InChI=1S/C18H27N5O3/c1-5-11(19)12-8-13-22(9-18(2,3)4)16(25)14(17(26)23(13)21-12)15(24)20-10-6-7-10/h8,10-11,25H,5-7,9,19H2,1-4H3,(H,20,24). The Morgan fingerprint density at radius 1 is 1.46 bits per heavy atom. The van der Waals surface area contributed by atoms with E-state index in [1.807, 2.05) is 27.7 Å². The average molecular weight is 361 g/mol. The third-order valence-corrected chi connectivity index (χ3v) is 4.46. The number of fused-ring (bicyclic) bond motifs is 1. The van der Waals surface area contributed by atoms with Crippen molar-refractivity contribution >= 4 is 11.6 Å². The van der Waals surface area contributed by atoms with E-state index in [9.17, 15) is 14.7 Å². The predicted molar refractivity (Wildman–Crippen MR) is 98.3 cm³/mol. The Hall–Kier alpha value is -2.35. The van der Waals surface area contributed by atoms with Gasteiger partial charge in [0.25, 0.3) is 11.5 Å². The highest BCUT2D eigenvalue weighted by Gasteiger charge is 2.30. The van der Waals surface area contributed by atoms with E-state index >= 15 is 0 Å². The highest BCUT2D eigenvalue weighted by atomic mass is 16.3. The monoisotopic (exact) mass is 361 g/mol. The molecule has 3 rings (SSSR count). The number of hydrogen-bond acceptors (Lipinski definition) is 5. The number of amides is 1. The van der Waals surface area contributed by atoms with Gasteiger partial charge in [-0.05, 0) is 24.7 Å². The average Bonchev–Trinajstić information content (AvgIpc) is 3.24. The van der Waals surface area contributed by atoms with Crippen molar-refractivity contribution in [2.45, 2.75) is 65.6 Å². The van der Waals surface area contributed by atoms with Crippen LogP contribution in [0.25, 0.3) is 5.65 Å². The lowest BCUT2D eigenvalue weighted by molar-refractivity contribution is 0.0944. The maximum atomic E-state index is 12.9. The van der Waals surface area contributed by atoms with Crippen molar-refractivity contribution in [3.63, 3.8) is 0 Å². The summed E-state index contributed by atoms with van der Waals surface area (Å²) in [6.07, 6.45) is 2.45. The van der Waals surface area contributed by atoms with Gasteiger partial charge in [-0.3, -0.25) is 14.2 Å². The Balaban J connectivity index is 2.23. The molecule has 1 fully saturated rings. The van der Waals surface area contributed by atoms with Gasteiger partial charge in [0.05, 0.1) is 5.69 Å². The van der Waals surface area contributed by atoms with Crippen LogP contribution in [0.2, 0.25) is 0 Å². The van der Waals surface area contributed by atoms with Gasteiger partial charge in [-0.15, -0.1) is 0 Å². The molecule has 0 spiro atoms. The summed E-state index contributed by atoms with van der Waals surface area (Å²) in [6.45, 7) is 8.39. The molecular weight excluding hydrogens is 334 g/mol. The van der Waals surface area contributed by atoms with Crippen molar-refractivity contribution in [1.29, 1.82) is 0 Å². The largest absolute Gasteiger partial charge is 0.494 e. The fourth-order valence-electron chi connectivity index (χ4n) is 2.88. The van der Waals surface area contributed by atoms with Gasteiger partial charge in [-0.25, -0.2) is 0 Å². The number of nitrogens with two attached hydrogens (primary N) is 1. The molecule has 1 unspecified atom stereocenters. The van der Waals surface area contributed by atoms with E-state index < -0.39 is 11.5 Å². The maximum Gasteiger partial charge on any atom is 0.291 e. The quantitative estimate of drug-likeness (QED) is 0.747. The molecule has 2 aromatic heterocycles. The Kier molecular flexibility index (Phi) is 4.56. The van der Waals surface area contributed by atoms with E-state index in [1.54, 1.807) is 10.6 Å². The Morgan fingerprint density at radius 3 is 2.65 bits per heavy atom. The summed E-state index contributed by atoms with van der Waals surface area (Å²) >= 11 is 0. The minimum Gasteiger partial charge on any atom is -0.494 e. The van der Waals surface area contributed by atoms with Crippen LogP contribution in [-0.2, 0) is 6.54 Å². The summed E-state index contributed by atoms with van der Waals surface area (Å²) in [7, 11) is 0. The SMILES string of the molecule is CCC(N)c1cc2n(CC(C)(C)C)c(O)c(C(=O)NC3CC3)c(=O)n2n1. The molecule has 1 aliphatic rings. The molecule has 0 aliphatic heterocycles. The number of nitrogens with zero attached hydrogens (tertiary/aromatic N) is 3. The van der Waals surface area contributed by atoms with Gasteiger partial charge in [-0.1, -0.05) is 27.7 Å². The number of nitrogens with one attached hydrogen (secondary N) is 1. The van der Waals surface area contributed by atoms with Gasteiger partial charge >= 0.3 is 0 Å². The van der Waals surface area contributed by atoms with Crippen LogP contribution in [0, 0.1) is 5.41 Å². The van der Waals surface area contributed by atoms with Gasteiger partial charge in [0.15, 0.2) is 5.56 Å². The van der Waals surface area contributed by atoms with Crippen molar-refractivity contribution in [3.05, 3.63) is 27.7 Å². The van der Waals surface area contributed by atoms with Crippen LogP contribution in [0.4, 0.5) is 0 Å². The summed E-state index contributed by atoms with van der Waals surface area (Å²) in [5.74, 6) is -0.886. The zero-order valence-corrected chi connectivity index (χ0v) is 15.7. The second-order valence-electron chi connectivity index (χ2n) is 8.25. The number of rotatable bonds is 5. The third-order valence-electron chi connectivity index (χ3n) is 4.46. The molecule has 26 heavy (non-hydrogen) atoms. The minimum atomic E-state index is -0.629. The second kappa shape index (κ2) is 6.42.